The van der Waals surface area contributed by atoms with Gasteiger partial charge in [0, 0.05) is 63.1 Å². The Bertz CT molecular complexity index is 2190. The standard InChI is InChI=1S/C51H68N2O14/c1-30-36(65-45(58)41(55)40(32-16-12-10-13-17-32)52-46(59)67-47(3,4)5)27-51(60)35(28-63-44(57)33-18-14-11-15-19-33)42-49(8,37(61-9)26-38-50(42,29-64-38)66-31(2)54)43(56)34(39(30)48(51,6)7)20-21-53-22-24-62-25-23-53/h10-19,34-38,40-42,55,60H,20-29H2,1-9H3,(H,52,59)/t34-,35+,36+,37+,38-,40+,41-,42+,49-,50+,51-/m1/s1. The van der Waals surface area contributed by atoms with Crippen molar-refractivity contribution in [1.82, 2.24) is 10.2 Å². The molecule has 5 aliphatic rings. The quantitative estimate of drug-likeness (QED) is 0.135. The van der Waals surface area contributed by atoms with E-state index in [1.165, 1.54) is 14.0 Å². The number of methoxy groups -OCH3 is 1. The first-order chi connectivity index (χ1) is 31.6. The zero-order valence-electron chi connectivity index (χ0n) is 40.2. The van der Waals surface area contributed by atoms with Crippen LogP contribution in [0, 0.1) is 28.6 Å². The predicted octanol–water partition coefficient (Wildman–Crippen LogP) is 5.14. The van der Waals surface area contributed by atoms with Gasteiger partial charge in [-0.3, -0.25) is 14.5 Å². The smallest absolute Gasteiger partial charge is 0.408 e. The van der Waals surface area contributed by atoms with Crippen LogP contribution in [-0.2, 0) is 47.5 Å². The molecule has 0 aromatic heterocycles. The maximum atomic E-state index is 16.3. The normalized spacial score (nSPS) is 32.4. The van der Waals surface area contributed by atoms with E-state index in [4.69, 9.17) is 33.2 Å². The lowest BCUT2D eigenvalue weighted by atomic mass is 9.41. The number of aliphatic hydroxyl groups is 2. The Balaban J connectivity index is 1.39. The fourth-order valence-electron chi connectivity index (χ4n) is 12.0. The molecule has 1 amide bonds. The Morgan fingerprint density at radius 2 is 1.63 bits per heavy atom. The summed E-state index contributed by atoms with van der Waals surface area (Å²) in [5.74, 6) is -5.79. The third-order valence-electron chi connectivity index (χ3n) is 15.2. The van der Waals surface area contributed by atoms with Gasteiger partial charge >= 0.3 is 24.0 Å². The van der Waals surface area contributed by atoms with E-state index in [0.29, 0.717) is 56.0 Å². The molecular weight excluding hydrogens is 865 g/mol. The number of hydrogen-bond donors (Lipinski definition) is 3. The van der Waals surface area contributed by atoms with Crippen LogP contribution in [0.25, 0.3) is 0 Å². The fourth-order valence-corrected chi connectivity index (χ4v) is 12.0. The number of esters is 3. The number of carbonyl (C=O) groups excluding carboxylic acids is 5. The predicted molar refractivity (Wildman–Crippen MR) is 242 cm³/mol. The van der Waals surface area contributed by atoms with Crippen LogP contribution in [0.1, 0.15) is 96.6 Å². The van der Waals surface area contributed by atoms with Crippen molar-refractivity contribution >= 4 is 29.8 Å². The fraction of sp³-hybridized carbons (Fsp3) is 0.627. The van der Waals surface area contributed by atoms with Gasteiger partial charge in [-0.2, -0.15) is 0 Å². The van der Waals surface area contributed by atoms with Crippen LogP contribution in [0.15, 0.2) is 71.8 Å². The van der Waals surface area contributed by atoms with Crippen molar-refractivity contribution < 1.29 is 67.3 Å². The molecule has 2 aromatic carbocycles. The number of ketones is 1. The maximum absolute atomic E-state index is 16.3. The van der Waals surface area contributed by atoms with Crippen LogP contribution in [-0.4, -0.2) is 139 Å². The number of Topliss-reactive ketones (excluding diaryl/α,β-unsaturated/α-hetero) is 1. The molecule has 366 valence electrons. The van der Waals surface area contributed by atoms with E-state index < -0.39 is 106 Å². The number of fused-ring (bicyclic) bond motifs is 5. The molecule has 4 fully saturated rings. The molecule has 7 rings (SSSR count). The number of alkyl carbamates (subject to hydrolysis) is 1. The molecule has 0 unspecified atom stereocenters. The Morgan fingerprint density at radius 1 is 0.985 bits per heavy atom. The molecular formula is C51H68N2O14. The first-order valence-corrected chi connectivity index (χ1v) is 23.4. The molecule has 2 aromatic rings. The van der Waals surface area contributed by atoms with Crippen LogP contribution in [0.3, 0.4) is 0 Å². The Labute approximate surface area is 393 Å². The molecule has 16 nitrogen and oxygen atoms in total. The molecule has 2 bridgehead atoms. The minimum absolute atomic E-state index is 0.100. The lowest BCUT2D eigenvalue weighted by molar-refractivity contribution is -0.343. The Kier molecular flexibility index (Phi) is 14.5. The summed E-state index contributed by atoms with van der Waals surface area (Å²) < 4.78 is 42.5. The van der Waals surface area contributed by atoms with Crippen LogP contribution >= 0.6 is 0 Å². The van der Waals surface area contributed by atoms with Gasteiger partial charge in [0.1, 0.15) is 23.6 Å². The molecule has 2 saturated carbocycles. The van der Waals surface area contributed by atoms with Gasteiger partial charge in [-0.25, -0.2) is 14.4 Å². The molecule has 3 N–H and O–H groups in total. The zero-order valence-corrected chi connectivity index (χ0v) is 40.2. The number of benzene rings is 2. The summed E-state index contributed by atoms with van der Waals surface area (Å²) in [6.45, 7) is 15.9. The minimum atomic E-state index is -1.99. The van der Waals surface area contributed by atoms with Crippen LogP contribution < -0.4 is 5.32 Å². The van der Waals surface area contributed by atoms with Crippen molar-refractivity contribution in [3.63, 3.8) is 0 Å². The highest BCUT2D eigenvalue weighted by Gasteiger charge is 2.77. The number of nitrogens with zero attached hydrogens (tertiary/aromatic N) is 1. The van der Waals surface area contributed by atoms with Gasteiger partial charge in [-0.1, -0.05) is 62.4 Å². The van der Waals surface area contributed by atoms with Gasteiger partial charge < -0.3 is 48.7 Å². The van der Waals surface area contributed by atoms with E-state index in [9.17, 15) is 29.4 Å². The lowest BCUT2D eigenvalue weighted by Crippen LogP contribution is -2.80. The van der Waals surface area contributed by atoms with Crippen molar-refractivity contribution in [3.05, 3.63) is 82.9 Å². The van der Waals surface area contributed by atoms with E-state index in [0.717, 1.165) is 0 Å². The van der Waals surface area contributed by atoms with E-state index >= 15 is 4.79 Å². The molecule has 0 spiro atoms. The zero-order chi connectivity index (χ0) is 48.7. The second-order valence-electron chi connectivity index (χ2n) is 20.6. The monoisotopic (exact) mass is 932 g/mol. The number of rotatable bonds is 13. The summed E-state index contributed by atoms with van der Waals surface area (Å²) in [6.07, 6.45) is -5.40. The summed E-state index contributed by atoms with van der Waals surface area (Å²) in [5.41, 5.74) is -5.41. The summed E-state index contributed by atoms with van der Waals surface area (Å²) in [7, 11) is 1.52. The van der Waals surface area contributed by atoms with E-state index in [1.807, 2.05) is 20.8 Å². The average molecular weight is 933 g/mol. The molecule has 2 aliphatic heterocycles. The van der Waals surface area contributed by atoms with Crippen LogP contribution in [0.5, 0.6) is 0 Å². The number of aliphatic hydroxyl groups excluding tert-OH is 1. The van der Waals surface area contributed by atoms with Gasteiger partial charge in [0.25, 0.3) is 0 Å². The van der Waals surface area contributed by atoms with Crippen molar-refractivity contribution in [1.29, 1.82) is 0 Å². The Hall–Kier alpha value is -4.71. The topological polar surface area (TPSA) is 206 Å². The van der Waals surface area contributed by atoms with E-state index in [-0.39, 0.29) is 30.8 Å². The number of amides is 1. The number of carbonyl (C=O) groups is 5. The number of nitrogens with one attached hydrogen (secondary N) is 1. The third kappa shape index (κ3) is 9.41. The highest BCUT2D eigenvalue weighted by atomic mass is 16.6. The lowest BCUT2D eigenvalue weighted by Gasteiger charge is -2.68. The van der Waals surface area contributed by atoms with Gasteiger partial charge in [0.05, 0.1) is 55.2 Å². The van der Waals surface area contributed by atoms with Crippen molar-refractivity contribution in [3.8, 4) is 0 Å². The van der Waals surface area contributed by atoms with Crippen molar-refractivity contribution in [2.24, 2.45) is 28.6 Å². The summed E-state index contributed by atoms with van der Waals surface area (Å²) in [4.78, 5) is 73.4. The first-order valence-electron chi connectivity index (χ1n) is 23.4. The molecule has 0 radical (unpaired) electrons. The highest BCUT2D eigenvalue weighted by Crippen LogP contribution is 2.67. The van der Waals surface area contributed by atoms with E-state index in [1.54, 1.807) is 88.4 Å². The molecule has 2 saturated heterocycles. The maximum Gasteiger partial charge on any atom is 0.408 e. The molecule has 2 heterocycles. The SMILES string of the molecule is CO[C@H]1C[C@H]2OC[C@@]2(OC(C)=O)[C@H]2[C@H](COC(=O)c3ccccc3)[C@]3(O)C[C@H](OC(=O)[C@H](O)[C@@H](NC(=O)OC(C)(C)C)c4ccccc4)C(C)=C([C@@H](CCN4CCOCC4)C(=O)[C@]12C)C3(C)C. The summed E-state index contributed by atoms with van der Waals surface area (Å²) in [6, 6.07) is 15.5. The molecule has 16 heteroatoms. The second kappa shape index (κ2) is 19.4. The average Bonchev–Trinajstić information content (AvgIpc) is 3.28. The first kappa shape index (κ1) is 50.2. The minimum Gasteiger partial charge on any atom is -0.462 e. The summed E-state index contributed by atoms with van der Waals surface area (Å²) in [5, 5.41) is 28.7. The second-order valence-corrected chi connectivity index (χ2v) is 20.6. The molecule has 11 atom stereocenters. The Morgan fingerprint density at radius 3 is 2.21 bits per heavy atom. The summed E-state index contributed by atoms with van der Waals surface area (Å²) >= 11 is 0. The van der Waals surface area contributed by atoms with E-state index in [2.05, 4.69) is 10.2 Å². The van der Waals surface area contributed by atoms with Gasteiger partial charge in [-0.15, -0.1) is 0 Å². The van der Waals surface area contributed by atoms with Crippen LogP contribution in [0.2, 0.25) is 0 Å². The van der Waals surface area contributed by atoms with Gasteiger partial charge in [0.15, 0.2) is 11.7 Å². The van der Waals surface area contributed by atoms with Crippen molar-refractivity contribution in [2.45, 2.75) is 122 Å². The number of morpholine rings is 1. The highest BCUT2D eigenvalue weighted by molar-refractivity contribution is 5.92. The van der Waals surface area contributed by atoms with Gasteiger partial charge in [-0.05, 0) is 76.4 Å². The van der Waals surface area contributed by atoms with Gasteiger partial charge in [0.2, 0.25) is 0 Å². The number of ether oxygens (including phenoxy) is 7. The largest absolute Gasteiger partial charge is 0.462 e. The van der Waals surface area contributed by atoms with Crippen LogP contribution in [0.4, 0.5) is 4.79 Å². The van der Waals surface area contributed by atoms with Crippen molar-refractivity contribution in [2.75, 3.05) is 53.2 Å². The number of hydrogen-bond acceptors (Lipinski definition) is 15. The third-order valence-corrected chi connectivity index (χ3v) is 15.2. The molecule has 67 heavy (non-hydrogen) atoms. The molecule has 3 aliphatic carbocycles.